The summed E-state index contributed by atoms with van der Waals surface area (Å²) >= 11 is 0. The van der Waals surface area contributed by atoms with Crippen molar-refractivity contribution in [2.24, 2.45) is 0 Å². The third kappa shape index (κ3) is 22.4. The van der Waals surface area contributed by atoms with Gasteiger partial charge in [0.2, 0.25) is 0 Å². The molecule has 0 aromatic carbocycles. The van der Waals surface area contributed by atoms with Gasteiger partial charge >= 0.3 is 45.2 Å². The molecule has 2 N–H and O–H groups in total. The molecule has 0 aromatic heterocycles. The molecule has 0 aliphatic rings. The molecule has 0 amide bonds. The second-order valence-corrected chi connectivity index (χ2v) is 3.27. The number of rotatable bonds is 3. The summed E-state index contributed by atoms with van der Waals surface area (Å²) in [5.74, 6) is 0. The zero-order chi connectivity index (χ0) is 9.28. The van der Waals surface area contributed by atoms with E-state index in [9.17, 15) is 0 Å². The maximum absolute atomic E-state index is 8.56. The third-order valence-electron chi connectivity index (χ3n) is 0.577. The molecule has 0 heterocycles. The van der Waals surface area contributed by atoms with E-state index in [4.69, 9.17) is 28.3 Å². The number of carbonyl (C=O) groups is 1. The first-order chi connectivity index (χ1) is 5.08. The monoisotopic (exact) mass is 208 g/mol. The van der Waals surface area contributed by atoms with Gasteiger partial charge in [-0.1, -0.05) is 0 Å². The average molecular weight is 208 g/mol. The van der Waals surface area contributed by atoms with Crippen molar-refractivity contribution in [1.82, 2.24) is 0 Å². The summed E-state index contributed by atoms with van der Waals surface area (Å²) < 4.78 is 14.2. The zero-order valence-corrected chi connectivity index (χ0v) is 7.76. The fraction of sp³-hybridized carbons (Fsp3) is 0.750. The standard InChI is InChI=1S/C3H10O3Si.CH2O3.Na.H/c1-4-7(5-2)6-3;2-1(3)4;;/h7H,1-3H3;(H2,2,3,4);;. The third-order valence-corrected chi connectivity index (χ3v) is 1.73. The molecule has 0 rings (SSSR count). The first kappa shape index (κ1) is 18.2. The van der Waals surface area contributed by atoms with Crippen molar-refractivity contribution in [3.05, 3.63) is 0 Å². The summed E-state index contributed by atoms with van der Waals surface area (Å²) in [6.07, 6.45) is -1.83. The van der Waals surface area contributed by atoms with Gasteiger partial charge in [0.15, 0.2) is 0 Å². The van der Waals surface area contributed by atoms with E-state index in [0.717, 1.165) is 0 Å². The molecule has 0 aromatic rings. The van der Waals surface area contributed by atoms with E-state index >= 15 is 0 Å². The molecule has 0 unspecified atom stereocenters. The van der Waals surface area contributed by atoms with Gasteiger partial charge in [-0.3, -0.25) is 0 Å². The molecule has 6 nitrogen and oxygen atoms in total. The molecule has 0 aliphatic heterocycles. The fourth-order valence-electron chi connectivity index (χ4n) is 0.289. The van der Waals surface area contributed by atoms with Crippen LogP contribution in [0.3, 0.4) is 0 Å². The number of hydrogen-bond donors (Lipinski definition) is 2. The van der Waals surface area contributed by atoms with Crippen LogP contribution in [0.1, 0.15) is 0 Å². The van der Waals surface area contributed by atoms with Crippen LogP contribution in [-0.2, 0) is 13.3 Å². The second-order valence-electron chi connectivity index (χ2n) is 1.28. The Hall–Kier alpha value is 0.367. The molecule has 0 bridgehead atoms. The Bertz CT molecular complexity index is 88.0. The molecule has 0 spiro atoms. The van der Waals surface area contributed by atoms with Crippen molar-refractivity contribution in [3.63, 3.8) is 0 Å². The van der Waals surface area contributed by atoms with Crippen LogP contribution in [0.2, 0.25) is 0 Å². The van der Waals surface area contributed by atoms with Gasteiger partial charge in [-0.15, -0.1) is 0 Å². The van der Waals surface area contributed by atoms with Gasteiger partial charge in [-0.05, 0) is 0 Å². The summed E-state index contributed by atoms with van der Waals surface area (Å²) in [5.41, 5.74) is 0. The predicted octanol–water partition coefficient (Wildman–Crippen LogP) is -0.783. The minimum atomic E-state index is -1.83. The molecule has 12 heavy (non-hydrogen) atoms. The van der Waals surface area contributed by atoms with Crippen molar-refractivity contribution in [3.8, 4) is 0 Å². The Morgan fingerprint density at radius 2 is 1.25 bits per heavy atom. The van der Waals surface area contributed by atoms with Crippen LogP contribution < -0.4 is 0 Å². The van der Waals surface area contributed by atoms with Crippen molar-refractivity contribution in [1.29, 1.82) is 0 Å². The van der Waals surface area contributed by atoms with E-state index < -0.39 is 15.7 Å². The quantitative estimate of drug-likeness (QED) is 0.592. The van der Waals surface area contributed by atoms with Crippen LogP contribution in [0.4, 0.5) is 4.79 Å². The van der Waals surface area contributed by atoms with Crippen LogP contribution in [0.15, 0.2) is 0 Å². The Labute approximate surface area is 94.7 Å². The van der Waals surface area contributed by atoms with Gasteiger partial charge in [0.1, 0.15) is 0 Å². The SMILES string of the molecule is CO[SiH](OC)OC.O=C(O)O.[NaH]. The molecule has 0 saturated heterocycles. The molecule has 0 radical (unpaired) electrons. The van der Waals surface area contributed by atoms with Crippen molar-refractivity contribution in [2.75, 3.05) is 21.3 Å². The second kappa shape index (κ2) is 13.9. The van der Waals surface area contributed by atoms with E-state index in [1.54, 1.807) is 21.3 Å². The summed E-state index contributed by atoms with van der Waals surface area (Å²) in [5, 5.41) is 13.9. The van der Waals surface area contributed by atoms with Crippen molar-refractivity contribution >= 4 is 45.2 Å². The van der Waals surface area contributed by atoms with Crippen molar-refractivity contribution in [2.45, 2.75) is 0 Å². The van der Waals surface area contributed by atoms with Crippen LogP contribution in [-0.4, -0.2) is 76.8 Å². The van der Waals surface area contributed by atoms with Crippen LogP contribution >= 0.6 is 0 Å². The average Bonchev–Trinajstić information content (AvgIpc) is 1.90. The van der Waals surface area contributed by atoms with E-state index in [0.29, 0.717) is 0 Å². The van der Waals surface area contributed by atoms with E-state index in [-0.39, 0.29) is 29.6 Å². The summed E-state index contributed by atoms with van der Waals surface area (Å²) in [6.45, 7) is 0. The fourth-order valence-corrected chi connectivity index (χ4v) is 0.866. The molecule has 0 fully saturated rings. The Morgan fingerprint density at radius 3 is 1.25 bits per heavy atom. The molecule has 70 valence electrons. The summed E-state index contributed by atoms with van der Waals surface area (Å²) in [4.78, 5) is 8.56. The van der Waals surface area contributed by atoms with Crippen LogP contribution in [0.5, 0.6) is 0 Å². The minimum absolute atomic E-state index is 0. The van der Waals surface area contributed by atoms with Gasteiger partial charge in [-0.25, -0.2) is 4.79 Å². The summed E-state index contributed by atoms with van der Waals surface area (Å²) in [7, 11) is 3.05. The van der Waals surface area contributed by atoms with E-state index in [1.807, 2.05) is 0 Å². The number of hydrogen-bond acceptors (Lipinski definition) is 4. The zero-order valence-electron chi connectivity index (χ0n) is 6.60. The van der Waals surface area contributed by atoms with Crippen LogP contribution in [0, 0.1) is 0 Å². The predicted molar refractivity (Wildman–Crippen MR) is 46.0 cm³/mol. The molecule has 0 aliphatic carbocycles. The van der Waals surface area contributed by atoms with Gasteiger partial charge < -0.3 is 23.5 Å². The maximum atomic E-state index is 8.56. The first-order valence-corrected chi connectivity index (χ1v) is 4.00. The Kier molecular flexibility index (Phi) is 21.1. The van der Waals surface area contributed by atoms with Crippen molar-refractivity contribution < 1.29 is 28.3 Å². The topological polar surface area (TPSA) is 85.2 Å². The molecular weight excluding hydrogens is 195 g/mol. The Balaban J connectivity index is -0.000000142. The molecular formula is C4H13NaO6Si. The van der Waals surface area contributed by atoms with E-state index in [2.05, 4.69) is 0 Å². The number of carboxylic acid groups (broad SMARTS) is 2. The van der Waals surface area contributed by atoms with Gasteiger partial charge in [0.25, 0.3) is 0 Å². The molecule has 8 heteroatoms. The van der Waals surface area contributed by atoms with Gasteiger partial charge in [0, 0.05) is 21.3 Å². The van der Waals surface area contributed by atoms with Gasteiger partial charge in [-0.2, -0.15) is 0 Å². The van der Waals surface area contributed by atoms with Crippen LogP contribution in [0.25, 0.3) is 0 Å². The molecule has 0 atom stereocenters. The van der Waals surface area contributed by atoms with E-state index in [1.165, 1.54) is 0 Å². The van der Waals surface area contributed by atoms with Gasteiger partial charge in [0.05, 0.1) is 0 Å². The summed E-state index contributed by atoms with van der Waals surface area (Å²) in [6, 6.07) is 0. The molecule has 0 saturated carbocycles. The Morgan fingerprint density at radius 1 is 1.08 bits per heavy atom. The normalized spacial score (nSPS) is 8.00. The first-order valence-electron chi connectivity index (χ1n) is 2.58.